The standard InChI is InChI=1S/C11H14N2OS2/c14-11-10-9(4-7-16-10)12-8-13(11)5-2-1-3-6-15/h4,7-8,15H,1-3,5-6H2. The largest absolute Gasteiger partial charge is 0.298 e. The van der Waals surface area contributed by atoms with E-state index in [1.165, 1.54) is 11.3 Å². The van der Waals surface area contributed by atoms with Crippen LogP contribution < -0.4 is 5.56 Å². The van der Waals surface area contributed by atoms with Gasteiger partial charge in [0.05, 0.1) is 11.8 Å². The molecule has 0 bridgehead atoms. The summed E-state index contributed by atoms with van der Waals surface area (Å²) < 4.78 is 2.47. The van der Waals surface area contributed by atoms with Crippen LogP contribution in [0.1, 0.15) is 19.3 Å². The third kappa shape index (κ3) is 2.47. The van der Waals surface area contributed by atoms with Crippen molar-refractivity contribution in [2.75, 3.05) is 5.75 Å². The molecule has 0 spiro atoms. The Labute approximate surface area is 104 Å². The molecule has 0 saturated carbocycles. The molecule has 2 aromatic rings. The normalized spacial score (nSPS) is 11.1. The molecule has 0 radical (unpaired) electrons. The average Bonchev–Trinajstić information content (AvgIpc) is 2.76. The van der Waals surface area contributed by atoms with Crippen LogP contribution >= 0.6 is 24.0 Å². The first-order valence-corrected chi connectivity index (χ1v) is 6.87. The van der Waals surface area contributed by atoms with Crippen molar-refractivity contribution in [3.05, 3.63) is 28.1 Å². The Morgan fingerprint density at radius 1 is 1.38 bits per heavy atom. The van der Waals surface area contributed by atoms with Gasteiger partial charge in [-0.1, -0.05) is 6.42 Å². The summed E-state index contributed by atoms with van der Waals surface area (Å²) in [5, 5.41) is 1.91. The van der Waals surface area contributed by atoms with Crippen molar-refractivity contribution in [2.45, 2.75) is 25.8 Å². The number of nitrogens with zero attached hydrogens (tertiary/aromatic N) is 2. The number of thiophene rings is 1. The second kappa shape index (κ2) is 5.50. The number of aryl methyl sites for hydroxylation is 1. The summed E-state index contributed by atoms with van der Waals surface area (Å²) in [7, 11) is 0. The molecule has 0 unspecified atom stereocenters. The lowest BCUT2D eigenvalue weighted by molar-refractivity contribution is 0.586. The Morgan fingerprint density at radius 2 is 2.25 bits per heavy atom. The maximum atomic E-state index is 12.0. The van der Waals surface area contributed by atoms with Crippen LogP contribution in [-0.2, 0) is 6.54 Å². The van der Waals surface area contributed by atoms with Gasteiger partial charge in [0.25, 0.3) is 5.56 Å². The van der Waals surface area contributed by atoms with Crippen molar-refractivity contribution < 1.29 is 0 Å². The quantitative estimate of drug-likeness (QED) is 0.657. The molecule has 0 aromatic carbocycles. The second-order valence-electron chi connectivity index (χ2n) is 3.66. The predicted octanol–water partition coefficient (Wildman–Crippen LogP) is 2.56. The molecule has 2 rings (SSSR count). The molecular weight excluding hydrogens is 240 g/mol. The van der Waals surface area contributed by atoms with Gasteiger partial charge in [-0.2, -0.15) is 12.6 Å². The van der Waals surface area contributed by atoms with Crippen LogP contribution in [0.15, 0.2) is 22.6 Å². The predicted molar refractivity (Wildman–Crippen MR) is 71.6 cm³/mol. The van der Waals surface area contributed by atoms with E-state index in [4.69, 9.17) is 0 Å². The van der Waals surface area contributed by atoms with Gasteiger partial charge in [0.1, 0.15) is 4.70 Å². The number of unbranched alkanes of at least 4 members (excludes halogenated alkanes) is 2. The molecule has 86 valence electrons. The summed E-state index contributed by atoms with van der Waals surface area (Å²) in [6.07, 6.45) is 4.88. The second-order valence-corrected chi connectivity index (χ2v) is 5.03. The first kappa shape index (κ1) is 11.7. The highest BCUT2D eigenvalue weighted by molar-refractivity contribution is 7.80. The lowest BCUT2D eigenvalue weighted by Gasteiger charge is -2.04. The third-order valence-electron chi connectivity index (χ3n) is 2.49. The monoisotopic (exact) mass is 254 g/mol. The summed E-state index contributed by atoms with van der Waals surface area (Å²) in [6, 6.07) is 1.88. The van der Waals surface area contributed by atoms with Crippen LogP contribution in [0.25, 0.3) is 10.2 Å². The van der Waals surface area contributed by atoms with E-state index >= 15 is 0 Å². The maximum Gasteiger partial charge on any atom is 0.271 e. The van der Waals surface area contributed by atoms with Gasteiger partial charge in [0.2, 0.25) is 0 Å². The van der Waals surface area contributed by atoms with E-state index in [0.717, 1.165) is 41.8 Å². The molecule has 0 saturated heterocycles. The zero-order chi connectivity index (χ0) is 11.4. The van der Waals surface area contributed by atoms with Gasteiger partial charge in [-0.3, -0.25) is 9.36 Å². The number of fused-ring (bicyclic) bond motifs is 1. The van der Waals surface area contributed by atoms with Gasteiger partial charge in [0, 0.05) is 6.54 Å². The minimum atomic E-state index is 0.0888. The summed E-state index contributed by atoms with van der Waals surface area (Å²) in [6.45, 7) is 0.757. The van der Waals surface area contributed by atoms with Crippen LogP contribution in [-0.4, -0.2) is 15.3 Å². The minimum absolute atomic E-state index is 0.0888. The zero-order valence-electron chi connectivity index (χ0n) is 8.93. The van der Waals surface area contributed by atoms with E-state index in [1.807, 2.05) is 11.4 Å². The van der Waals surface area contributed by atoms with E-state index in [1.54, 1.807) is 10.9 Å². The summed E-state index contributed by atoms with van der Waals surface area (Å²) >= 11 is 5.63. The molecule has 16 heavy (non-hydrogen) atoms. The van der Waals surface area contributed by atoms with Crippen LogP contribution in [0.5, 0.6) is 0 Å². The van der Waals surface area contributed by atoms with Crippen molar-refractivity contribution in [3.8, 4) is 0 Å². The first-order chi connectivity index (χ1) is 7.83. The Hall–Kier alpha value is -0.810. The SMILES string of the molecule is O=c1c2sccc2ncn1CCCCCS. The molecule has 0 aliphatic heterocycles. The fraction of sp³-hybridized carbons (Fsp3) is 0.455. The van der Waals surface area contributed by atoms with Crippen LogP contribution in [0.2, 0.25) is 0 Å². The molecule has 0 N–H and O–H groups in total. The number of hydrogen-bond acceptors (Lipinski definition) is 4. The Morgan fingerprint density at radius 3 is 3.06 bits per heavy atom. The minimum Gasteiger partial charge on any atom is -0.298 e. The number of thiol groups is 1. The van der Waals surface area contributed by atoms with Crippen molar-refractivity contribution >= 4 is 34.2 Å². The van der Waals surface area contributed by atoms with Crippen molar-refractivity contribution in [1.29, 1.82) is 0 Å². The number of hydrogen-bond donors (Lipinski definition) is 1. The molecule has 0 amide bonds. The third-order valence-corrected chi connectivity index (χ3v) is 3.70. The molecule has 0 aliphatic rings. The van der Waals surface area contributed by atoms with Gasteiger partial charge >= 0.3 is 0 Å². The van der Waals surface area contributed by atoms with Crippen molar-refractivity contribution in [2.24, 2.45) is 0 Å². The zero-order valence-corrected chi connectivity index (χ0v) is 10.6. The lowest BCUT2D eigenvalue weighted by atomic mass is 10.2. The molecule has 0 fully saturated rings. The fourth-order valence-electron chi connectivity index (χ4n) is 1.61. The Kier molecular flexibility index (Phi) is 4.01. The van der Waals surface area contributed by atoms with Gasteiger partial charge in [-0.25, -0.2) is 4.98 Å². The average molecular weight is 254 g/mol. The molecule has 5 heteroatoms. The van der Waals surface area contributed by atoms with Crippen LogP contribution in [0, 0.1) is 0 Å². The summed E-state index contributed by atoms with van der Waals surface area (Å²) in [4.78, 5) is 16.2. The number of rotatable bonds is 5. The molecule has 0 atom stereocenters. The first-order valence-electron chi connectivity index (χ1n) is 5.36. The lowest BCUT2D eigenvalue weighted by Crippen LogP contribution is -2.19. The van der Waals surface area contributed by atoms with Gasteiger partial charge in [-0.05, 0) is 30.0 Å². The van der Waals surface area contributed by atoms with E-state index < -0.39 is 0 Å². The molecular formula is C11H14N2OS2. The number of aromatic nitrogens is 2. The van der Waals surface area contributed by atoms with Gasteiger partial charge in [0.15, 0.2) is 0 Å². The van der Waals surface area contributed by atoms with Crippen LogP contribution in [0.3, 0.4) is 0 Å². The van der Waals surface area contributed by atoms with E-state index in [-0.39, 0.29) is 5.56 Å². The summed E-state index contributed by atoms with van der Waals surface area (Å²) in [5.41, 5.74) is 0.896. The van der Waals surface area contributed by atoms with E-state index in [9.17, 15) is 4.79 Å². The Balaban J connectivity index is 2.12. The van der Waals surface area contributed by atoms with Gasteiger partial charge < -0.3 is 0 Å². The fourth-order valence-corrected chi connectivity index (χ4v) is 2.63. The van der Waals surface area contributed by atoms with Crippen molar-refractivity contribution in [1.82, 2.24) is 9.55 Å². The maximum absolute atomic E-state index is 12.0. The molecule has 2 aromatic heterocycles. The molecule has 2 heterocycles. The highest BCUT2D eigenvalue weighted by atomic mass is 32.1. The van der Waals surface area contributed by atoms with Gasteiger partial charge in [-0.15, -0.1) is 11.3 Å². The van der Waals surface area contributed by atoms with E-state index in [0.29, 0.717) is 0 Å². The highest BCUT2D eigenvalue weighted by Crippen LogP contribution is 2.13. The van der Waals surface area contributed by atoms with E-state index in [2.05, 4.69) is 17.6 Å². The van der Waals surface area contributed by atoms with Crippen LogP contribution in [0.4, 0.5) is 0 Å². The Bertz CT molecular complexity index is 518. The summed E-state index contributed by atoms with van der Waals surface area (Å²) in [5.74, 6) is 0.914. The molecule has 3 nitrogen and oxygen atoms in total. The topological polar surface area (TPSA) is 34.9 Å². The highest BCUT2D eigenvalue weighted by Gasteiger charge is 2.04. The van der Waals surface area contributed by atoms with Crippen molar-refractivity contribution in [3.63, 3.8) is 0 Å². The molecule has 0 aliphatic carbocycles. The smallest absolute Gasteiger partial charge is 0.271 e.